The fraction of sp³-hybridized carbons (Fsp3) is 0.400. The van der Waals surface area contributed by atoms with Crippen LogP contribution in [0.25, 0.3) is 0 Å². The first kappa shape index (κ1) is 16.0. The molecule has 0 aliphatic carbocycles. The predicted octanol–water partition coefficient (Wildman–Crippen LogP) is 3.79. The highest BCUT2D eigenvalue weighted by molar-refractivity contribution is 7.84. The number of benzene rings is 1. The molecule has 21 heavy (non-hydrogen) atoms. The van der Waals surface area contributed by atoms with Crippen LogP contribution < -0.4 is 5.73 Å². The van der Waals surface area contributed by atoms with Gasteiger partial charge in [-0.15, -0.1) is 0 Å². The fourth-order valence-electron chi connectivity index (χ4n) is 2.29. The van der Waals surface area contributed by atoms with E-state index in [9.17, 15) is 4.21 Å². The molecule has 2 N–H and O–H groups in total. The highest BCUT2D eigenvalue weighted by Gasteiger charge is 2.15. The molecule has 0 saturated heterocycles. The van der Waals surface area contributed by atoms with Crippen LogP contribution >= 0.6 is 11.6 Å². The van der Waals surface area contributed by atoms with E-state index in [1.807, 2.05) is 16.9 Å². The quantitative estimate of drug-likeness (QED) is 0.822. The van der Waals surface area contributed by atoms with E-state index in [1.54, 1.807) is 18.2 Å². The summed E-state index contributed by atoms with van der Waals surface area (Å²) in [6.07, 6.45) is 4.00. The van der Waals surface area contributed by atoms with Gasteiger partial charge in [-0.3, -0.25) is 8.89 Å². The average Bonchev–Trinajstić information content (AvgIpc) is 2.88. The molecule has 2 aromatic rings. The molecule has 4 nitrogen and oxygen atoms in total. The average molecular weight is 326 g/mol. The van der Waals surface area contributed by atoms with Gasteiger partial charge in [-0.25, -0.2) is 0 Å². The Bertz CT molecular complexity index is 617. The Labute approximate surface area is 132 Å². The van der Waals surface area contributed by atoms with E-state index in [4.69, 9.17) is 17.3 Å². The number of rotatable bonds is 6. The van der Waals surface area contributed by atoms with Crippen LogP contribution in [0.1, 0.15) is 38.4 Å². The van der Waals surface area contributed by atoms with E-state index < -0.39 is 10.8 Å². The lowest BCUT2D eigenvalue weighted by Gasteiger charge is -2.12. The summed E-state index contributed by atoms with van der Waals surface area (Å²) in [7, 11) is -1.29. The molecule has 0 bridgehead atoms. The molecule has 1 aromatic heterocycles. The Kier molecular flexibility index (Phi) is 5.42. The topological polar surface area (TPSA) is 60.9 Å². The zero-order valence-corrected chi connectivity index (χ0v) is 13.8. The lowest BCUT2D eigenvalue weighted by atomic mass is 10.2. The van der Waals surface area contributed by atoms with Crippen molar-refractivity contribution in [2.45, 2.75) is 43.4 Å². The van der Waals surface area contributed by atoms with Gasteiger partial charge in [0, 0.05) is 11.9 Å². The second-order valence-corrected chi connectivity index (χ2v) is 6.70. The highest BCUT2D eigenvalue weighted by Crippen LogP contribution is 2.27. The molecule has 1 atom stereocenters. The Morgan fingerprint density at radius 3 is 2.67 bits per heavy atom. The first-order valence-electron chi connectivity index (χ1n) is 7.03. The molecule has 0 aliphatic heterocycles. The molecule has 0 spiro atoms. The van der Waals surface area contributed by atoms with Gasteiger partial charge in [0.15, 0.2) is 0 Å². The Balaban J connectivity index is 2.17. The van der Waals surface area contributed by atoms with E-state index >= 15 is 0 Å². The number of hydrogen-bond donors (Lipinski definition) is 1. The van der Waals surface area contributed by atoms with Crippen molar-refractivity contribution in [3.8, 4) is 0 Å². The molecule has 0 radical (unpaired) electrons. The van der Waals surface area contributed by atoms with Gasteiger partial charge < -0.3 is 5.73 Å². The van der Waals surface area contributed by atoms with Crippen molar-refractivity contribution in [3.63, 3.8) is 0 Å². The van der Waals surface area contributed by atoms with Crippen molar-refractivity contribution in [1.29, 1.82) is 0 Å². The van der Waals surface area contributed by atoms with Crippen molar-refractivity contribution in [2.75, 3.05) is 5.73 Å². The summed E-state index contributed by atoms with van der Waals surface area (Å²) in [5, 5.41) is 4.95. The number of halogens is 1. The van der Waals surface area contributed by atoms with Crippen molar-refractivity contribution < 1.29 is 4.21 Å². The normalized spacial score (nSPS) is 12.8. The highest BCUT2D eigenvalue weighted by atomic mass is 35.5. The third-order valence-corrected chi connectivity index (χ3v) is 5.38. The van der Waals surface area contributed by atoms with Crippen LogP contribution in [0.5, 0.6) is 0 Å². The van der Waals surface area contributed by atoms with Gasteiger partial charge in [0.1, 0.15) is 0 Å². The number of anilines is 1. The minimum absolute atomic E-state index is 0.321. The van der Waals surface area contributed by atoms with Gasteiger partial charge in [0.05, 0.1) is 38.2 Å². The maximum atomic E-state index is 12.5. The molecule has 1 heterocycles. The number of nitrogen functional groups attached to an aromatic ring is 1. The van der Waals surface area contributed by atoms with Crippen LogP contribution in [0.2, 0.25) is 5.02 Å². The molecule has 114 valence electrons. The summed E-state index contributed by atoms with van der Waals surface area (Å²) < 4.78 is 14.4. The molecule has 1 unspecified atom stereocenters. The fourth-order valence-corrected chi connectivity index (χ4v) is 3.92. The molecule has 1 aromatic carbocycles. The zero-order chi connectivity index (χ0) is 15.4. The van der Waals surface area contributed by atoms with Crippen LogP contribution in [-0.4, -0.2) is 14.0 Å². The lowest BCUT2D eigenvalue weighted by Crippen LogP contribution is -2.08. The van der Waals surface area contributed by atoms with E-state index in [0.29, 0.717) is 27.4 Å². The molecule has 0 fully saturated rings. The summed E-state index contributed by atoms with van der Waals surface area (Å²) in [6.45, 7) is 4.27. The van der Waals surface area contributed by atoms with E-state index in [1.165, 1.54) is 0 Å². The maximum absolute atomic E-state index is 12.5. The first-order chi connectivity index (χ1) is 10.1. The van der Waals surface area contributed by atoms with Crippen LogP contribution in [0.4, 0.5) is 5.69 Å². The monoisotopic (exact) mass is 325 g/mol. The number of aromatic nitrogens is 2. The summed E-state index contributed by atoms with van der Waals surface area (Å²) in [6, 6.07) is 7.46. The zero-order valence-electron chi connectivity index (χ0n) is 12.3. The van der Waals surface area contributed by atoms with Crippen molar-refractivity contribution in [1.82, 2.24) is 9.78 Å². The van der Waals surface area contributed by atoms with Crippen molar-refractivity contribution in [2.24, 2.45) is 0 Å². The van der Waals surface area contributed by atoms with E-state index in [2.05, 4.69) is 18.9 Å². The molecule has 0 aliphatic rings. The van der Waals surface area contributed by atoms with E-state index in [0.717, 1.165) is 18.5 Å². The molecule has 2 rings (SSSR count). The minimum atomic E-state index is -1.29. The number of hydrogen-bond acceptors (Lipinski definition) is 3. The van der Waals surface area contributed by atoms with Gasteiger partial charge in [-0.2, -0.15) is 5.10 Å². The molecule has 0 amide bonds. The summed E-state index contributed by atoms with van der Waals surface area (Å²) >= 11 is 6.09. The minimum Gasteiger partial charge on any atom is -0.398 e. The SMILES string of the molecule is CCC(CC)n1ccc(CS(=O)c2c(N)cccc2Cl)n1. The number of nitrogens with zero attached hydrogens (tertiary/aromatic N) is 2. The molecule has 6 heteroatoms. The molecule has 0 saturated carbocycles. The third-order valence-electron chi connectivity index (χ3n) is 3.48. The van der Waals surface area contributed by atoms with Gasteiger partial charge in [-0.1, -0.05) is 31.5 Å². The van der Waals surface area contributed by atoms with Gasteiger partial charge in [0.2, 0.25) is 0 Å². The summed E-state index contributed by atoms with van der Waals surface area (Å²) in [5.41, 5.74) is 7.12. The smallest absolute Gasteiger partial charge is 0.0807 e. The number of nitrogens with two attached hydrogens (primary N) is 1. The lowest BCUT2D eigenvalue weighted by molar-refractivity contribution is 0.426. The van der Waals surface area contributed by atoms with Crippen molar-refractivity contribution >= 4 is 28.1 Å². The second kappa shape index (κ2) is 7.09. The van der Waals surface area contributed by atoms with Crippen LogP contribution in [0, 0.1) is 0 Å². The first-order valence-corrected chi connectivity index (χ1v) is 8.72. The largest absolute Gasteiger partial charge is 0.398 e. The summed E-state index contributed by atoms with van der Waals surface area (Å²) in [4.78, 5) is 0.497. The third kappa shape index (κ3) is 3.66. The van der Waals surface area contributed by atoms with Gasteiger partial charge >= 0.3 is 0 Å². The maximum Gasteiger partial charge on any atom is 0.0807 e. The van der Waals surface area contributed by atoms with Crippen LogP contribution in [-0.2, 0) is 16.6 Å². The standard InChI is InChI=1S/C15H20ClN3OS/c1-3-12(4-2)19-9-8-11(18-19)10-21(20)15-13(16)6-5-7-14(15)17/h5-9,12H,3-4,10,17H2,1-2H3. The van der Waals surface area contributed by atoms with E-state index in [-0.39, 0.29) is 0 Å². The second-order valence-electron chi connectivity index (χ2n) is 4.91. The predicted molar refractivity (Wildman–Crippen MR) is 87.8 cm³/mol. The van der Waals surface area contributed by atoms with Crippen molar-refractivity contribution in [3.05, 3.63) is 41.2 Å². The van der Waals surface area contributed by atoms with Crippen LogP contribution in [0.3, 0.4) is 0 Å². The van der Waals surface area contributed by atoms with Gasteiger partial charge in [0.25, 0.3) is 0 Å². The Hall–Kier alpha value is -1.33. The Morgan fingerprint density at radius 2 is 2.05 bits per heavy atom. The van der Waals surface area contributed by atoms with Crippen LogP contribution in [0.15, 0.2) is 35.4 Å². The Morgan fingerprint density at radius 1 is 1.33 bits per heavy atom. The summed E-state index contributed by atoms with van der Waals surface area (Å²) in [5.74, 6) is 0.321. The molecular weight excluding hydrogens is 306 g/mol. The van der Waals surface area contributed by atoms with Gasteiger partial charge in [-0.05, 0) is 31.0 Å². The molecular formula is C15H20ClN3OS.